The predicted octanol–water partition coefficient (Wildman–Crippen LogP) is 1.89. The summed E-state index contributed by atoms with van der Waals surface area (Å²) in [5.74, 6) is 1.02. The summed E-state index contributed by atoms with van der Waals surface area (Å²) in [6.45, 7) is 2.84. The molecule has 92 valence electrons. The topological polar surface area (TPSA) is 44.5 Å². The Balaban J connectivity index is 1.70. The van der Waals surface area contributed by atoms with E-state index in [2.05, 4.69) is 19.1 Å². The van der Waals surface area contributed by atoms with Gasteiger partial charge < -0.3 is 15.2 Å². The largest absolute Gasteiger partial charge is 0.490 e. The Bertz CT molecular complexity index is 395. The predicted molar refractivity (Wildman–Crippen MR) is 66.1 cm³/mol. The van der Waals surface area contributed by atoms with Crippen molar-refractivity contribution in [3.05, 3.63) is 29.8 Å². The van der Waals surface area contributed by atoms with Gasteiger partial charge in [0, 0.05) is 25.0 Å². The Kier molecular flexibility index (Phi) is 2.60. The summed E-state index contributed by atoms with van der Waals surface area (Å²) < 4.78 is 11.5. The van der Waals surface area contributed by atoms with Gasteiger partial charge in [-0.05, 0) is 25.0 Å². The number of ether oxygens (including phenoxy) is 2. The van der Waals surface area contributed by atoms with Gasteiger partial charge in [0.05, 0.1) is 6.10 Å². The molecule has 0 aliphatic carbocycles. The Labute approximate surface area is 102 Å². The summed E-state index contributed by atoms with van der Waals surface area (Å²) in [6, 6.07) is 8.24. The van der Waals surface area contributed by atoms with Crippen LogP contribution in [0, 0.1) is 0 Å². The number of para-hydroxylation sites is 1. The number of rotatable bonds is 2. The van der Waals surface area contributed by atoms with Gasteiger partial charge in [0.1, 0.15) is 11.9 Å². The molecule has 2 N–H and O–H groups in total. The molecular weight excluding hydrogens is 214 g/mol. The van der Waals surface area contributed by atoms with Crippen LogP contribution in [-0.4, -0.2) is 24.4 Å². The summed E-state index contributed by atoms with van der Waals surface area (Å²) in [5, 5.41) is 0. The maximum atomic E-state index is 6.41. The molecule has 0 radical (unpaired) electrons. The second-order valence-electron chi connectivity index (χ2n) is 5.25. The highest BCUT2D eigenvalue weighted by Crippen LogP contribution is 2.35. The highest BCUT2D eigenvalue weighted by atomic mass is 16.5. The molecule has 17 heavy (non-hydrogen) atoms. The Hall–Kier alpha value is -1.06. The zero-order valence-electron chi connectivity index (χ0n) is 10.2. The van der Waals surface area contributed by atoms with Gasteiger partial charge in [0.2, 0.25) is 0 Å². The number of hydrogen-bond donors (Lipinski definition) is 1. The molecule has 0 aromatic heterocycles. The molecule has 2 heterocycles. The van der Waals surface area contributed by atoms with Crippen LogP contribution >= 0.6 is 0 Å². The van der Waals surface area contributed by atoms with Crippen molar-refractivity contribution < 1.29 is 9.47 Å². The van der Waals surface area contributed by atoms with E-state index >= 15 is 0 Å². The van der Waals surface area contributed by atoms with Crippen LogP contribution in [0.25, 0.3) is 0 Å². The van der Waals surface area contributed by atoms with Crippen LogP contribution in [0.4, 0.5) is 0 Å². The number of benzene rings is 1. The molecular formula is C14H19NO2. The van der Waals surface area contributed by atoms with Crippen molar-refractivity contribution in [3.8, 4) is 5.75 Å². The van der Waals surface area contributed by atoms with E-state index < -0.39 is 0 Å². The molecule has 0 amide bonds. The molecule has 3 nitrogen and oxygen atoms in total. The fraction of sp³-hybridized carbons (Fsp3) is 0.571. The first kappa shape index (κ1) is 11.1. The summed E-state index contributed by atoms with van der Waals surface area (Å²) >= 11 is 0. The quantitative estimate of drug-likeness (QED) is 0.848. The fourth-order valence-electron chi connectivity index (χ4n) is 2.85. The maximum absolute atomic E-state index is 6.41. The standard InChI is InChI=1S/C14H19NO2/c1-10-14(15,6-7-16-10)9-12-8-11-4-2-3-5-13(11)17-12/h2-5,10,12H,6-9,15H2,1H3. The van der Waals surface area contributed by atoms with E-state index in [9.17, 15) is 0 Å². The molecule has 3 heteroatoms. The van der Waals surface area contributed by atoms with Crippen LogP contribution in [0.5, 0.6) is 5.75 Å². The average Bonchev–Trinajstić information content (AvgIpc) is 2.83. The van der Waals surface area contributed by atoms with Crippen molar-refractivity contribution in [2.45, 2.75) is 43.9 Å². The molecule has 0 saturated carbocycles. The van der Waals surface area contributed by atoms with E-state index in [0.717, 1.165) is 31.6 Å². The SMILES string of the molecule is CC1OCCC1(N)CC1Cc2ccccc2O1. The number of nitrogens with two attached hydrogens (primary N) is 1. The zero-order valence-corrected chi connectivity index (χ0v) is 10.2. The second kappa shape index (κ2) is 4.00. The van der Waals surface area contributed by atoms with Crippen LogP contribution < -0.4 is 10.5 Å². The molecule has 1 fully saturated rings. The number of hydrogen-bond acceptors (Lipinski definition) is 3. The second-order valence-corrected chi connectivity index (χ2v) is 5.25. The van der Waals surface area contributed by atoms with Crippen molar-refractivity contribution >= 4 is 0 Å². The lowest BCUT2D eigenvalue weighted by Gasteiger charge is -2.29. The molecule has 3 unspecified atom stereocenters. The van der Waals surface area contributed by atoms with Crippen LogP contribution in [-0.2, 0) is 11.2 Å². The summed E-state index contributed by atoms with van der Waals surface area (Å²) in [4.78, 5) is 0. The Morgan fingerprint density at radius 1 is 1.41 bits per heavy atom. The van der Waals surface area contributed by atoms with Crippen molar-refractivity contribution in [1.82, 2.24) is 0 Å². The van der Waals surface area contributed by atoms with Crippen LogP contribution in [0.3, 0.4) is 0 Å². The highest BCUT2D eigenvalue weighted by molar-refractivity contribution is 5.37. The Morgan fingerprint density at radius 3 is 2.94 bits per heavy atom. The van der Waals surface area contributed by atoms with Gasteiger partial charge in [-0.15, -0.1) is 0 Å². The normalized spacial score (nSPS) is 35.6. The van der Waals surface area contributed by atoms with E-state index in [1.165, 1.54) is 5.56 Å². The minimum atomic E-state index is -0.216. The van der Waals surface area contributed by atoms with Gasteiger partial charge in [-0.2, -0.15) is 0 Å². The lowest BCUT2D eigenvalue weighted by Crippen LogP contribution is -2.49. The van der Waals surface area contributed by atoms with Gasteiger partial charge in [0.15, 0.2) is 0 Å². The molecule has 2 aliphatic rings. The van der Waals surface area contributed by atoms with Crippen molar-refractivity contribution in [3.63, 3.8) is 0 Å². The monoisotopic (exact) mass is 233 g/mol. The molecule has 3 rings (SSSR count). The van der Waals surface area contributed by atoms with Crippen molar-refractivity contribution in [1.29, 1.82) is 0 Å². The first-order valence-corrected chi connectivity index (χ1v) is 6.32. The zero-order chi connectivity index (χ0) is 11.9. The average molecular weight is 233 g/mol. The molecule has 0 spiro atoms. The van der Waals surface area contributed by atoms with E-state index in [0.29, 0.717) is 0 Å². The van der Waals surface area contributed by atoms with E-state index in [1.54, 1.807) is 0 Å². The van der Waals surface area contributed by atoms with E-state index in [4.69, 9.17) is 15.2 Å². The van der Waals surface area contributed by atoms with Crippen LogP contribution in [0.15, 0.2) is 24.3 Å². The lowest BCUT2D eigenvalue weighted by molar-refractivity contribution is 0.0769. The molecule has 3 atom stereocenters. The first-order valence-electron chi connectivity index (χ1n) is 6.32. The van der Waals surface area contributed by atoms with Crippen molar-refractivity contribution in [2.75, 3.05) is 6.61 Å². The summed E-state index contributed by atoms with van der Waals surface area (Å²) in [6.07, 6.45) is 3.13. The molecule has 1 aromatic carbocycles. The fourth-order valence-corrected chi connectivity index (χ4v) is 2.85. The van der Waals surface area contributed by atoms with E-state index in [-0.39, 0.29) is 17.7 Å². The first-order chi connectivity index (χ1) is 8.17. The third-order valence-corrected chi connectivity index (χ3v) is 4.07. The molecule has 2 aliphatic heterocycles. The summed E-state index contributed by atoms with van der Waals surface area (Å²) in [7, 11) is 0. The molecule has 1 aromatic rings. The lowest BCUT2D eigenvalue weighted by atomic mass is 9.86. The minimum Gasteiger partial charge on any atom is -0.490 e. The molecule has 1 saturated heterocycles. The molecule has 0 bridgehead atoms. The van der Waals surface area contributed by atoms with Gasteiger partial charge in [-0.25, -0.2) is 0 Å². The van der Waals surface area contributed by atoms with Crippen molar-refractivity contribution in [2.24, 2.45) is 5.73 Å². The van der Waals surface area contributed by atoms with E-state index in [1.807, 2.05) is 12.1 Å². The third-order valence-electron chi connectivity index (χ3n) is 4.07. The van der Waals surface area contributed by atoms with Gasteiger partial charge in [-0.3, -0.25) is 0 Å². The Morgan fingerprint density at radius 2 is 2.24 bits per heavy atom. The minimum absolute atomic E-state index is 0.134. The van der Waals surface area contributed by atoms with Gasteiger partial charge in [0.25, 0.3) is 0 Å². The maximum Gasteiger partial charge on any atom is 0.123 e. The van der Waals surface area contributed by atoms with Gasteiger partial charge >= 0.3 is 0 Å². The smallest absolute Gasteiger partial charge is 0.123 e. The highest BCUT2D eigenvalue weighted by Gasteiger charge is 2.41. The van der Waals surface area contributed by atoms with Gasteiger partial charge in [-0.1, -0.05) is 18.2 Å². The third kappa shape index (κ3) is 1.94. The number of fused-ring (bicyclic) bond motifs is 1. The van der Waals surface area contributed by atoms with Crippen LogP contribution in [0.2, 0.25) is 0 Å². The van der Waals surface area contributed by atoms with Crippen LogP contribution in [0.1, 0.15) is 25.3 Å². The summed E-state index contributed by atoms with van der Waals surface area (Å²) in [5.41, 5.74) is 7.50.